The summed E-state index contributed by atoms with van der Waals surface area (Å²) in [6.45, 7) is 4.82. The van der Waals surface area contributed by atoms with E-state index >= 15 is 0 Å². The van der Waals surface area contributed by atoms with E-state index in [0.717, 1.165) is 12.0 Å². The van der Waals surface area contributed by atoms with Crippen molar-refractivity contribution in [1.82, 2.24) is 4.90 Å². The Balaban J connectivity index is 2.53. The van der Waals surface area contributed by atoms with Crippen molar-refractivity contribution in [1.29, 1.82) is 0 Å². The lowest BCUT2D eigenvalue weighted by molar-refractivity contribution is -0.129. The van der Waals surface area contributed by atoms with Gasteiger partial charge in [-0.3, -0.25) is 4.79 Å². The fourth-order valence-corrected chi connectivity index (χ4v) is 2.24. The zero-order valence-electron chi connectivity index (χ0n) is 12.2. The van der Waals surface area contributed by atoms with E-state index < -0.39 is 0 Å². The molecule has 0 radical (unpaired) electrons. The van der Waals surface area contributed by atoms with E-state index in [1.165, 1.54) is 0 Å². The van der Waals surface area contributed by atoms with Gasteiger partial charge in [0.05, 0.1) is 6.42 Å². The molecule has 0 aliphatic heterocycles. The lowest BCUT2D eigenvalue weighted by atomic mass is 10.0. The number of carbonyl (C=O) groups excluding carboxylic acids is 1. The van der Waals surface area contributed by atoms with Crippen molar-refractivity contribution in [2.24, 2.45) is 11.7 Å². The molecule has 1 aromatic rings. The molecule has 1 unspecified atom stereocenters. The van der Waals surface area contributed by atoms with E-state index in [4.69, 9.17) is 28.9 Å². The molecule has 20 heavy (non-hydrogen) atoms. The molecule has 3 nitrogen and oxygen atoms in total. The first kappa shape index (κ1) is 17.3. The topological polar surface area (TPSA) is 46.3 Å². The first-order valence-corrected chi connectivity index (χ1v) is 7.50. The molecule has 1 aromatic carbocycles. The van der Waals surface area contributed by atoms with E-state index in [1.54, 1.807) is 30.1 Å². The monoisotopic (exact) mass is 316 g/mol. The Morgan fingerprint density at radius 1 is 1.35 bits per heavy atom. The Labute approximate surface area is 131 Å². The van der Waals surface area contributed by atoms with Gasteiger partial charge in [0, 0.05) is 29.7 Å². The van der Waals surface area contributed by atoms with Crippen LogP contribution in [0, 0.1) is 5.92 Å². The van der Waals surface area contributed by atoms with Gasteiger partial charge in [-0.25, -0.2) is 0 Å². The molecular formula is C15H22Cl2N2O. The first-order valence-electron chi connectivity index (χ1n) is 6.74. The van der Waals surface area contributed by atoms with Crippen molar-refractivity contribution in [3.05, 3.63) is 33.8 Å². The van der Waals surface area contributed by atoms with Crippen LogP contribution in [0.25, 0.3) is 0 Å². The standard InChI is InChI=1S/C15H22Cl2N2O/c1-10(2)14(18)6-7-19(3)15(20)8-11-4-5-12(16)9-13(11)17/h4-5,9-10,14H,6-8,18H2,1-3H3. The highest BCUT2D eigenvalue weighted by Gasteiger charge is 2.14. The number of benzene rings is 1. The van der Waals surface area contributed by atoms with Crippen molar-refractivity contribution < 1.29 is 4.79 Å². The molecule has 0 saturated heterocycles. The van der Waals surface area contributed by atoms with Gasteiger partial charge in [0.15, 0.2) is 0 Å². The van der Waals surface area contributed by atoms with Crippen LogP contribution in [0.2, 0.25) is 10.0 Å². The lowest BCUT2D eigenvalue weighted by Crippen LogP contribution is -2.35. The fourth-order valence-electron chi connectivity index (χ4n) is 1.76. The van der Waals surface area contributed by atoms with E-state index in [9.17, 15) is 4.79 Å². The van der Waals surface area contributed by atoms with Crippen LogP contribution in [0.3, 0.4) is 0 Å². The molecular weight excluding hydrogens is 295 g/mol. The highest BCUT2D eigenvalue weighted by molar-refractivity contribution is 6.35. The molecule has 0 aliphatic carbocycles. The number of carbonyl (C=O) groups is 1. The average Bonchev–Trinajstić information content (AvgIpc) is 2.38. The van der Waals surface area contributed by atoms with E-state index in [-0.39, 0.29) is 18.4 Å². The highest BCUT2D eigenvalue weighted by Crippen LogP contribution is 2.21. The third kappa shape index (κ3) is 5.31. The van der Waals surface area contributed by atoms with Crippen LogP contribution in [0.1, 0.15) is 25.8 Å². The molecule has 0 fully saturated rings. The number of hydrogen-bond donors (Lipinski definition) is 1. The number of halogens is 2. The Morgan fingerprint density at radius 3 is 2.55 bits per heavy atom. The van der Waals surface area contributed by atoms with Gasteiger partial charge in [-0.15, -0.1) is 0 Å². The Kier molecular flexibility index (Phi) is 6.80. The van der Waals surface area contributed by atoms with Gasteiger partial charge in [0.2, 0.25) is 5.91 Å². The summed E-state index contributed by atoms with van der Waals surface area (Å²) in [6, 6.07) is 5.30. The van der Waals surface area contributed by atoms with Gasteiger partial charge >= 0.3 is 0 Å². The number of nitrogens with two attached hydrogens (primary N) is 1. The molecule has 0 heterocycles. The maximum Gasteiger partial charge on any atom is 0.226 e. The Hall–Kier alpha value is -0.770. The van der Waals surface area contributed by atoms with Gasteiger partial charge in [-0.1, -0.05) is 43.1 Å². The molecule has 1 atom stereocenters. The summed E-state index contributed by atoms with van der Waals surface area (Å²) in [5, 5.41) is 1.10. The molecule has 1 amide bonds. The fraction of sp³-hybridized carbons (Fsp3) is 0.533. The summed E-state index contributed by atoms with van der Waals surface area (Å²) in [5.41, 5.74) is 6.78. The lowest BCUT2D eigenvalue weighted by Gasteiger charge is -2.21. The molecule has 1 rings (SSSR count). The van der Waals surface area contributed by atoms with Crippen molar-refractivity contribution in [3.8, 4) is 0 Å². The van der Waals surface area contributed by atoms with Crippen LogP contribution in [0.5, 0.6) is 0 Å². The Bertz CT molecular complexity index is 463. The molecule has 5 heteroatoms. The molecule has 0 aromatic heterocycles. The smallest absolute Gasteiger partial charge is 0.226 e. The van der Waals surface area contributed by atoms with Gasteiger partial charge in [-0.2, -0.15) is 0 Å². The van der Waals surface area contributed by atoms with Crippen LogP contribution in [-0.4, -0.2) is 30.4 Å². The molecule has 2 N–H and O–H groups in total. The highest BCUT2D eigenvalue weighted by atomic mass is 35.5. The second kappa shape index (κ2) is 7.87. The van der Waals surface area contributed by atoms with Gasteiger partial charge in [0.1, 0.15) is 0 Å². The third-order valence-corrected chi connectivity index (χ3v) is 4.02. The van der Waals surface area contributed by atoms with E-state index in [0.29, 0.717) is 22.5 Å². The quantitative estimate of drug-likeness (QED) is 0.874. The average molecular weight is 317 g/mol. The summed E-state index contributed by atoms with van der Waals surface area (Å²) in [7, 11) is 1.79. The van der Waals surface area contributed by atoms with Crippen LogP contribution in [0.4, 0.5) is 0 Å². The van der Waals surface area contributed by atoms with Crippen molar-refractivity contribution in [2.75, 3.05) is 13.6 Å². The Morgan fingerprint density at radius 2 is 2.00 bits per heavy atom. The summed E-state index contributed by atoms with van der Waals surface area (Å²) in [5.74, 6) is 0.453. The van der Waals surface area contributed by atoms with Crippen LogP contribution < -0.4 is 5.73 Å². The zero-order valence-corrected chi connectivity index (χ0v) is 13.7. The third-order valence-electron chi connectivity index (χ3n) is 3.44. The van der Waals surface area contributed by atoms with Gasteiger partial charge < -0.3 is 10.6 Å². The van der Waals surface area contributed by atoms with Crippen molar-refractivity contribution >= 4 is 29.1 Å². The zero-order chi connectivity index (χ0) is 15.3. The minimum absolute atomic E-state index is 0.0326. The largest absolute Gasteiger partial charge is 0.345 e. The van der Waals surface area contributed by atoms with Crippen molar-refractivity contribution in [2.45, 2.75) is 32.7 Å². The van der Waals surface area contributed by atoms with E-state index in [1.807, 2.05) is 0 Å². The number of likely N-dealkylation sites (N-methyl/N-ethyl adjacent to an activating group) is 1. The molecule has 0 aliphatic rings. The van der Waals surface area contributed by atoms with Crippen LogP contribution in [0.15, 0.2) is 18.2 Å². The van der Waals surface area contributed by atoms with E-state index in [2.05, 4.69) is 13.8 Å². The predicted octanol–water partition coefficient (Wildman–Crippen LogP) is 3.37. The number of hydrogen-bond acceptors (Lipinski definition) is 2. The van der Waals surface area contributed by atoms with Crippen molar-refractivity contribution in [3.63, 3.8) is 0 Å². The van der Waals surface area contributed by atoms with Gasteiger partial charge in [0.25, 0.3) is 0 Å². The SMILES string of the molecule is CC(C)C(N)CCN(C)C(=O)Cc1ccc(Cl)cc1Cl. The molecule has 112 valence electrons. The maximum atomic E-state index is 12.1. The predicted molar refractivity (Wildman–Crippen MR) is 85.2 cm³/mol. The second-order valence-corrected chi connectivity index (χ2v) is 6.27. The number of amides is 1. The van der Waals surface area contributed by atoms with Crippen LogP contribution in [-0.2, 0) is 11.2 Å². The summed E-state index contributed by atoms with van der Waals surface area (Å²) in [4.78, 5) is 13.8. The first-order chi connectivity index (χ1) is 9.31. The summed E-state index contributed by atoms with van der Waals surface area (Å²) in [6.07, 6.45) is 1.08. The normalized spacial score (nSPS) is 12.6. The molecule has 0 saturated carbocycles. The van der Waals surface area contributed by atoms with Gasteiger partial charge in [-0.05, 0) is 30.0 Å². The molecule has 0 spiro atoms. The molecule has 0 bridgehead atoms. The minimum Gasteiger partial charge on any atom is -0.345 e. The number of nitrogens with zero attached hydrogens (tertiary/aromatic N) is 1. The minimum atomic E-state index is 0.0326. The maximum absolute atomic E-state index is 12.1. The second-order valence-electron chi connectivity index (χ2n) is 5.42. The summed E-state index contributed by atoms with van der Waals surface area (Å²) < 4.78 is 0. The summed E-state index contributed by atoms with van der Waals surface area (Å²) >= 11 is 11.9. The number of rotatable bonds is 6. The van der Waals surface area contributed by atoms with Crippen LogP contribution >= 0.6 is 23.2 Å².